The van der Waals surface area contributed by atoms with Crippen molar-refractivity contribution in [1.82, 2.24) is 5.32 Å². The molecule has 3 nitrogen and oxygen atoms in total. The zero-order valence-electron chi connectivity index (χ0n) is 9.42. The lowest BCUT2D eigenvalue weighted by Crippen LogP contribution is -2.37. The minimum Gasteiger partial charge on any atom is -0.385 e. The Hall–Kier alpha value is -0.120. The average Bonchev–Trinajstić information content (AvgIpc) is 2.25. The lowest BCUT2D eigenvalue weighted by Gasteiger charge is -2.28. The topological polar surface area (TPSA) is 30.5 Å². The van der Waals surface area contributed by atoms with Crippen LogP contribution in [-0.2, 0) is 9.47 Å². The Balaban J connectivity index is 2.05. The third-order valence-electron chi connectivity index (χ3n) is 2.92. The van der Waals surface area contributed by atoms with Crippen LogP contribution in [0.1, 0.15) is 32.1 Å². The predicted molar refractivity (Wildman–Crippen MR) is 57.5 cm³/mol. The summed E-state index contributed by atoms with van der Waals surface area (Å²) in [5.74, 6) is 0. The van der Waals surface area contributed by atoms with Crippen LogP contribution in [0.15, 0.2) is 0 Å². The van der Waals surface area contributed by atoms with Gasteiger partial charge in [-0.1, -0.05) is 0 Å². The zero-order chi connectivity index (χ0) is 10.2. The maximum Gasteiger partial charge on any atom is 0.0586 e. The van der Waals surface area contributed by atoms with Gasteiger partial charge in [-0.3, -0.25) is 0 Å². The largest absolute Gasteiger partial charge is 0.385 e. The molecule has 0 aromatic heterocycles. The van der Waals surface area contributed by atoms with Crippen LogP contribution in [0, 0.1) is 0 Å². The van der Waals surface area contributed by atoms with Crippen molar-refractivity contribution in [2.75, 3.05) is 27.4 Å². The molecule has 0 aromatic rings. The number of hydrogen-bond donors (Lipinski definition) is 1. The van der Waals surface area contributed by atoms with Crippen LogP contribution >= 0.6 is 0 Å². The number of methoxy groups -OCH3 is 2. The van der Waals surface area contributed by atoms with Gasteiger partial charge in [-0.25, -0.2) is 0 Å². The second-order valence-corrected chi connectivity index (χ2v) is 4.02. The normalized spacial score (nSPS) is 27.9. The third kappa shape index (κ3) is 4.40. The van der Waals surface area contributed by atoms with Gasteiger partial charge in [0, 0.05) is 26.9 Å². The lowest BCUT2D eigenvalue weighted by atomic mass is 9.93. The third-order valence-corrected chi connectivity index (χ3v) is 2.92. The highest BCUT2D eigenvalue weighted by atomic mass is 16.5. The van der Waals surface area contributed by atoms with Crippen LogP contribution in [0.2, 0.25) is 0 Å². The Labute approximate surface area is 87.2 Å². The predicted octanol–water partition coefficient (Wildman–Crippen LogP) is 1.57. The number of nitrogens with one attached hydrogen (secondary N) is 1. The monoisotopic (exact) mass is 201 g/mol. The van der Waals surface area contributed by atoms with E-state index < -0.39 is 0 Å². The molecule has 84 valence electrons. The van der Waals surface area contributed by atoms with Gasteiger partial charge in [0.2, 0.25) is 0 Å². The van der Waals surface area contributed by atoms with Crippen molar-refractivity contribution in [3.63, 3.8) is 0 Å². The van der Waals surface area contributed by atoms with E-state index >= 15 is 0 Å². The SMILES string of the molecule is COCCCNC1CCCC(OC)C1. The number of rotatable bonds is 6. The van der Waals surface area contributed by atoms with Crippen molar-refractivity contribution in [1.29, 1.82) is 0 Å². The molecule has 1 fully saturated rings. The first kappa shape index (κ1) is 12.0. The first-order valence-electron chi connectivity index (χ1n) is 5.62. The van der Waals surface area contributed by atoms with Gasteiger partial charge in [-0.05, 0) is 38.6 Å². The van der Waals surface area contributed by atoms with Crippen molar-refractivity contribution in [2.24, 2.45) is 0 Å². The molecule has 1 rings (SSSR count). The van der Waals surface area contributed by atoms with Gasteiger partial charge in [0.05, 0.1) is 6.10 Å². The minimum absolute atomic E-state index is 0.476. The quantitative estimate of drug-likeness (QED) is 0.662. The molecule has 0 spiro atoms. The molecule has 1 aliphatic rings. The Kier molecular flexibility index (Phi) is 6.15. The lowest BCUT2D eigenvalue weighted by molar-refractivity contribution is 0.0585. The standard InChI is InChI=1S/C11H23NO2/c1-13-8-4-7-12-10-5-3-6-11(9-10)14-2/h10-12H,3-9H2,1-2H3. The second kappa shape index (κ2) is 7.21. The molecule has 2 unspecified atom stereocenters. The summed E-state index contributed by atoms with van der Waals surface area (Å²) < 4.78 is 10.4. The van der Waals surface area contributed by atoms with Gasteiger partial charge >= 0.3 is 0 Å². The van der Waals surface area contributed by atoms with Crippen LogP contribution in [0.4, 0.5) is 0 Å². The van der Waals surface area contributed by atoms with Crippen LogP contribution < -0.4 is 5.32 Å². The summed E-state index contributed by atoms with van der Waals surface area (Å²) in [7, 11) is 3.57. The molecule has 14 heavy (non-hydrogen) atoms. The highest BCUT2D eigenvalue weighted by Gasteiger charge is 2.20. The van der Waals surface area contributed by atoms with Crippen LogP contribution in [0.5, 0.6) is 0 Å². The summed E-state index contributed by atoms with van der Waals surface area (Å²) in [5.41, 5.74) is 0. The second-order valence-electron chi connectivity index (χ2n) is 4.02. The fourth-order valence-electron chi connectivity index (χ4n) is 2.07. The molecule has 1 saturated carbocycles. The first-order valence-corrected chi connectivity index (χ1v) is 5.62. The van der Waals surface area contributed by atoms with E-state index in [1.165, 1.54) is 25.7 Å². The molecule has 0 radical (unpaired) electrons. The van der Waals surface area contributed by atoms with E-state index in [-0.39, 0.29) is 0 Å². The maximum atomic E-state index is 5.38. The molecular weight excluding hydrogens is 178 g/mol. The Morgan fingerprint density at radius 2 is 2.14 bits per heavy atom. The van der Waals surface area contributed by atoms with Crippen molar-refractivity contribution in [3.8, 4) is 0 Å². The molecule has 0 aliphatic heterocycles. The summed E-state index contributed by atoms with van der Waals surface area (Å²) in [4.78, 5) is 0. The first-order chi connectivity index (χ1) is 6.86. The van der Waals surface area contributed by atoms with Crippen LogP contribution in [0.25, 0.3) is 0 Å². The Bertz CT molecular complexity index is 141. The average molecular weight is 201 g/mol. The van der Waals surface area contributed by atoms with Crippen molar-refractivity contribution in [2.45, 2.75) is 44.2 Å². The Morgan fingerprint density at radius 3 is 2.86 bits per heavy atom. The number of hydrogen-bond acceptors (Lipinski definition) is 3. The van der Waals surface area contributed by atoms with E-state index in [9.17, 15) is 0 Å². The van der Waals surface area contributed by atoms with E-state index in [1.54, 1.807) is 7.11 Å². The van der Waals surface area contributed by atoms with E-state index in [1.807, 2.05) is 7.11 Å². The van der Waals surface area contributed by atoms with E-state index in [0.717, 1.165) is 19.6 Å². The van der Waals surface area contributed by atoms with Crippen molar-refractivity contribution >= 4 is 0 Å². The summed E-state index contributed by atoms with van der Waals surface area (Å²) in [6.07, 6.45) is 6.57. The summed E-state index contributed by atoms with van der Waals surface area (Å²) in [6, 6.07) is 0.658. The Morgan fingerprint density at radius 1 is 1.29 bits per heavy atom. The van der Waals surface area contributed by atoms with Gasteiger partial charge < -0.3 is 14.8 Å². The highest BCUT2D eigenvalue weighted by Crippen LogP contribution is 2.20. The van der Waals surface area contributed by atoms with E-state index in [4.69, 9.17) is 9.47 Å². The van der Waals surface area contributed by atoms with Crippen molar-refractivity contribution < 1.29 is 9.47 Å². The summed E-state index contributed by atoms with van der Waals surface area (Å²) in [6.45, 7) is 1.92. The smallest absolute Gasteiger partial charge is 0.0586 e. The van der Waals surface area contributed by atoms with E-state index in [2.05, 4.69) is 5.32 Å². The minimum atomic E-state index is 0.476. The molecule has 3 heteroatoms. The van der Waals surface area contributed by atoms with Crippen LogP contribution in [-0.4, -0.2) is 39.5 Å². The maximum absolute atomic E-state index is 5.38. The molecular formula is C11H23NO2. The summed E-state index contributed by atoms with van der Waals surface area (Å²) >= 11 is 0. The van der Waals surface area contributed by atoms with Gasteiger partial charge in [-0.15, -0.1) is 0 Å². The fourth-order valence-corrected chi connectivity index (χ4v) is 2.07. The zero-order valence-corrected chi connectivity index (χ0v) is 9.42. The van der Waals surface area contributed by atoms with E-state index in [0.29, 0.717) is 12.1 Å². The summed E-state index contributed by atoms with van der Waals surface area (Å²) in [5, 5.41) is 3.56. The number of ether oxygens (including phenoxy) is 2. The van der Waals surface area contributed by atoms with Gasteiger partial charge in [0.25, 0.3) is 0 Å². The highest BCUT2D eigenvalue weighted by molar-refractivity contribution is 4.77. The molecule has 2 atom stereocenters. The van der Waals surface area contributed by atoms with Crippen LogP contribution in [0.3, 0.4) is 0 Å². The molecule has 0 amide bonds. The van der Waals surface area contributed by atoms with Gasteiger partial charge in [0.15, 0.2) is 0 Å². The molecule has 0 bridgehead atoms. The fraction of sp³-hybridized carbons (Fsp3) is 1.00. The molecule has 1 aliphatic carbocycles. The molecule has 0 heterocycles. The molecule has 0 aromatic carbocycles. The molecule has 1 N–H and O–H groups in total. The van der Waals surface area contributed by atoms with Gasteiger partial charge in [-0.2, -0.15) is 0 Å². The van der Waals surface area contributed by atoms with Crippen molar-refractivity contribution in [3.05, 3.63) is 0 Å². The molecule has 0 saturated heterocycles. The van der Waals surface area contributed by atoms with Gasteiger partial charge in [0.1, 0.15) is 0 Å².